The molecule has 2 heterocycles. The minimum absolute atomic E-state index is 0.480. The molecular formula is C11H16ClNS. The molecule has 1 aromatic rings. The fourth-order valence-corrected chi connectivity index (χ4v) is 3.22. The molecular weight excluding hydrogens is 214 g/mol. The summed E-state index contributed by atoms with van der Waals surface area (Å²) in [5.74, 6) is 0.740. The average molecular weight is 230 g/mol. The van der Waals surface area contributed by atoms with Crippen LogP contribution in [0.25, 0.3) is 0 Å². The van der Waals surface area contributed by atoms with Gasteiger partial charge in [0.15, 0.2) is 0 Å². The summed E-state index contributed by atoms with van der Waals surface area (Å²) in [6.45, 7) is 6.94. The van der Waals surface area contributed by atoms with Gasteiger partial charge >= 0.3 is 0 Å². The van der Waals surface area contributed by atoms with Crippen LogP contribution in [-0.4, -0.2) is 13.1 Å². The lowest BCUT2D eigenvalue weighted by Crippen LogP contribution is -2.57. The maximum Gasteiger partial charge on any atom is 0.0931 e. The SMILES string of the molecule is CC(C)C1(Cc2ccc(Cl)s2)CNC1. The molecule has 1 aliphatic heterocycles. The number of halogens is 1. The summed E-state index contributed by atoms with van der Waals surface area (Å²) in [5, 5.41) is 3.38. The molecule has 0 amide bonds. The van der Waals surface area contributed by atoms with Crippen molar-refractivity contribution in [2.45, 2.75) is 20.3 Å². The second-order valence-electron chi connectivity index (χ2n) is 4.50. The zero-order valence-corrected chi connectivity index (χ0v) is 10.2. The lowest BCUT2D eigenvalue weighted by Gasteiger charge is -2.46. The summed E-state index contributed by atoms with van der Waals surface area (Å²) >= 11 is 7.65. The van der Waals surface area contributed by atoms with E-state index in [2.05, 4.69) is 25.2 Å². The van der Waals surface area contributed by atoms with Crippen molar-refractivity contribution in [2.75, 3.05) is 13.1 Å². The summed E-state index contributed by atoms with van der Waals surface area (Å²) < 4.78 is 0.909. The number of nitrogens with one attached hydrogen (secondary N) is 1. The summed E-state index contributed by atoms with van der Waals surface area (Å²) in [6.07, 6.45) is 1.18. The summed E-state index contributed by atoms with van der Waals surface area (Å²) in [7, 11) is 0. The van der Waals surface area contributed by atoms with Gasteiger partial charge in [0.1, 0.15) is 0 Å². The summed E-state index contributed by atoms with van der Waals surface area (Å²) in [4.78, 5) is 1.42. The molecule has 0 aliphatic carbocycles. The molecule has 1 nitrogen and oxygen atoms in total. The van der Waals surface area contributed by atoms with E-state index in [0.29, 0.717) is 5.41 Å². The van der Waals surface area contributed by atoms with Crippen LogP contribution < -0.4 is 5.32 Å². The van der Waals surface area contributed by atoms with Crippen molar-refractivity contribution < 1.29 is 0 Å². The van der Waals surface area contributed by atoms with E-state index >= 15 is 0 Å². The van der Waals surface area contributed by atoms with Crippen LogP contribution in [0, 0.1) is 11.3 Å². The molecule has 0 aromatic carbocycles. The van der Waals surface area contributed by atoms with E-state index in [-0.39, 0.29) is 0 Å². The van der Waals surface area contributed by atoms with Gasteiger partial charge in [0.25, 0.3) is 0 Å². The Morgan fingerprint density at radius 2 is 2.21 bits per heavy atom. The van der Waals surface area contributed by atoms with Gasteiger partial charge in [0, 0.05) is 23.4 Å². The van der Waals surface area contributed by atoms with E-state index in [4.69, 9.17) is 11.6 Å². The molecule has 0 spiro atoms. The van der Waals surface area contributed by atoms with Crippen molar-refractivity contribution in [2.24, 2.45) is 11.3 Å². The molecule has 3 heteroatoms. The highest BCUT2D eigenvalue weighted by molar-refractivity contribution is 7.16. The van der Waals surface area contributed by atoms with E-state index in [9.17, 15) is 0 Å². The maximum atomic E-state index is 5.93. The number of hydrogen-bond donors (Lipinski definition) is 1. The number of thiophene rings is 1. The van der Waals surface area contributed by atoms with Crippen molar-refractivity contribution >= 4 is 22.9 Å². The molecule has 2 rings (SSSR count). The summed E-state index contributed by atoms with van der Waals surface area (Å²) in [6, 6.07) is 4.16. The minimum atomic E-state index is 0.480. The van der Waals surface area contributed by atoms with E-state index in [0.717, 1.165) is 23.3 Å². The highest BCUT2D eigenvalue weighted by atomic mass is 35.5. The van der Waals surface area contributed by atoms with Crippen LogP contribution in [0.4, 0.5) is 0 Å². The Balaban J connectivity index is 2.08. The highest BCUT2D eigenvalue weighted by Crippen LogP contribution is 2.37. The molecule has 1 aliphatic rings. The van der Waals surface area contributed by atoms with Crippen LogP contribution in [0.1, 0.15) is 18.7 Å². The first-order chi connectivity index (χ1) is 6.62. The Morgan fingerprint density at radius 1 is 1.50 bits per heavy atom. The van der Waals surface area contributed by atoms with Gasteiger partial charge in [-0.2, -0.15) is 0 Å². The quantitative estimate of drug-likeness (QED) is 0.840. The molecule has 1 N–H and O–H groups in total. The van der Waals surface area contributed by atoms with Crippen molar-refractivity contribution in [1.82, 2.24) is 5.32 Å². The first kappa shape index (κ1) is 10.5. The number of hydrogen-bond acceptors (Lipinski definition) is 2. The molecule has 14 heavy (non-hydrogen) atoms. The molecule has 0 unspecified atom stereocenters. The Morgan fingerprint density at radius 3 is 2.57 bits per heavy atom. The van der Waals surface area contributed by atoms with Crippen molar-refractivity contribution in [3.8, 4) is 0 Å². The Kier molecular flexibility index (Phi) is 2.87. The van der Waals surface area contributed by atoms with Crippen molar-refractivity contribution in [3.63, 3.8) is 0 Å². The second-order valence-corrected chi connectivity index (χ2v) is 6.30. The monoisotopic (exact) mass is 229 g/mol. The van der Waals surface area contributed by atoms with Crippen LogP contribution in [0.5, 0.6) is 0 Å². The highest BCUT2D eigenvalue weighted by Gasteiger charge is 2.39. The first-order valence-corrected chi connectivity index (χ1v) is 6.27. The largest absolute Gasteiger partial charge is 0.315 e. The molecule has 0 atom stereocenters. The van der Waals surface area contributed by atoms with E-state index in [1.807, 2.05) is 6.07 Å². The van der Waals surface area contributed by atoms with Crippen LogP contribution in [0.2, 0.25) is 4.34 Å². The third kappa shape index (κ3) is 1.83. The Labute approximate surface area is 94.5 Å². The lowest BCUT2D eigenvalue weighted by atomic mass is 9.69. The smallest absolute Gasteiger partial charge is 0.0931 e. The zero-order valence-electron chi connectivity index (χ0n) is 8.64. The fourth-order valence-electron chi connectivity index (χ4n) is 1.98. The average Bonchev–Trinajstić information content (AvgIpc) is 2.43. The first-order valence-electron chi connectivity index (χ1n) is 5.07. The molecule has 1 fully saturated rings. The van der Waals surface area contributed by atoms with Gasteiger partial charge in [0.2, 0.25) is 0 Å². The van der Waals surface area contributed by atoms with Crippen LogP contribution in [0.3, 0.4) is 0 Å². The van der Waals surface area contributed by atoms with E-state index < -0.39 is 0 Å². The van der Waals surface area contributed by atoms with Gasteiger partial charge in [-0.15, -0.1) is 11.3 Å². The zero-order chi connectivity index (χ0) is 10.2. The fraction of sp³-hybridized carbons (Fsp3) is 0.636. The van der Waals surface area contributed by atoms with Gasteiger partial charge < -0.3 is 5.32 Å². The topological polar surface area (TPSA) is 12.0 Å². The molecule has 1 saturated heterocycles. The molecule has 0 saturated carbocycles. The van der Waals surface area contributed by atoms with Crippen LogP contribution in [0.15, 0.2) is 12.1 Å². The van der Waals surface area contributed by atoms with Crippen LogP contribution in [-0.2, 0) is 6.42 Å². The van der Waals surface area contributed by atoms with Crippen LogP contribution >= 0.6 is 22.9 Å². The van der Waals surface area contributed by atoms with E-state index in [1.54, 1.807) is 11.3 Å². The van der Waals surface area contributed by atoms with Gasteiger partial charge in [-0.1, -0.05) is 25.4 Å². The maximum absolute atomic E-state index is 5.93. The predicted molar refractivity (Wildman–Crippen MR) is 63.2 cm³/mol. The Hall–Kier alpha value is -0.0500. The Bertz CT molecular complexity index is 315. The lowest BCUT2D eigenvalue weighted by molar-refractivity contribution is 0.101. The number of rotatable bonds is 3. The van der Waals surface area contributed by atoms with Gasteiger partial charge in [-0.25, -0.2) is 0 Å². The third-order valence-corrected chi connectivity index (χ3v) is 4.57. The minimum Gasteiger partial charge on any atom is -0.315 e. The van der Waals surface area contributed by atoms with Crippen molar-refractivity contribution in [1.29, 1.82) is 0 Å². The normalized spacial score (nSPS) is 19.7. The molecule has 1 aromatic heterocycles. The summed E-state index contributed by atoms with van der Waals surface area (Å²) in [5.41, 5.74) is 0.480. The predicted octanol–water partition coefficient (Wildman–Crippen LogP) is 3.19. The third-order valence-electron chi connectivity index (χ3n) is 3.33. The van der Waals surface area contributed by atoms with E-state index in [1.165, 1.54) is 11.3 Å². The van der Waals surface area contributed by atoms with Gasteiger partial charge in [-0.05, 0) is 24.5 Å². The van der Waals surface area contributed by atoms with Crippen molar-refractivity contribution in [3.05, 3.63) is 21.3 Å². The standard InChI is InChI=1S/C11H16ClNS/c1-8(2)11(6-13-7-11)5-9-3-4-10(12)14-9/h3-4,8,13H,5-7H2,1-2H3. The molecule has 0 bridgehead atoms. The van der Waals surface area contributed by atoms with Gasteiger partial charge in [-0.3, -0.25) is 0 Å². The molecule has 0 radical (unpaired) electrons. The molecule has 78 valence electrons. The second kappa shape index (κ2) is 3.84. The van der Waals surface area contributed by atoms with Gasteiger partial charge in [0.05, 0.1) is 4.34 Å².